The Morgan fingerprint density at radius 2 is 2.28 bits per heavy atom. The normalized spacial score (nSPS) is 29.4. The van der Waals surface area contributed by atoms with Crippen LogP contribution in [-0.2, 0) is 20.9 Å². The number of fused-ring (bicyclic) bond motifs is 1. The lowest BCUT2D eigenvalue weighted by atomic mass is 9.77. The molecule has 0 radical (unpaired) electrons. The van der Waals surface area contributed by atoms with Crippen LogP contribution in [0.4, 0.5) is 5.82 Å². The van der Waals surface area contributed by atoms with Crippen LogP contribution in [0, 0.1) is 18.8 Å². The Morgan fingerprint density at radius 3 is 3.03 bits per heavy atom. The molecule has 1 spiro atoms. The summed E-state index contributed by atoms with van der Waals surface area (Å²) >= 11 is 0. The maximum Gasteiger partial charge on any atom is 0.235 e. The zero-order valence-corrected chi connectivity index (χ0v) is 16.1. The van der Waals surface area contributed by atoms with Gasteiger partial charge in [-0.05, 0) is 24.6 Å². The van der Waals surface area contributed by atoms with E-state index in [4.69, 9.17) is 14.0 Å². The molecule has 4 atom stereocenters. The van der Waals surface area contributed by atoms with Crippen LogP contribution in [0.15, 0.2) is 47.0 Å². The number of rotatable bonds is 5. The van der Waals surface area contributed by atoms with Crippen LogP contribution in [0.3, 0.4) is 0 Å². The highest BCUT2D eigenvalue weighted by atomic mass is 16.5. The number of benzene rings is 1. The molecular weight excluding hydrogens is 374 g/mol. The van der Waals surface area contributed by atoms with Crippen LogP contribution in [0.25, 0.3) is 0 Å². The highest BCUT2D eigenvalue weighted by Crippen LogP contribution is 2.52. The number of aryl methyl sites for hydroxylation is 1. The number of carbonyl (C=O) groups is 2. The van der Waals surface area contributed by atoms with Gasteiger partial charge in [-0.1, -0.05) is 29.4 Å². The monoisotopic (exact) mass is 395 g/mol. The van der Waals surface area contributed by atoms with E-state index in [1.807, 2.05) is 36.4 Å². The summed E-state index contributed by atoms with van der Waals surface area (Å²) in [6.07, 6.45) is 3.41. The Morgan fingerprint density at radius 1 is 1.41 bits per heavy atom. The van der Waals surface area contributed by atoms with Crippen LogP contribution < -0.4 is 15.0 Å². The summed E-state index contributed by atoms with van der Waals surface area (Å²) in [7, 11) is 1.60. The third kappa shape index (κ3) is 2.74. The van der Waals surface area contributed by atoms with Crippen molar-refractivity contribution in [3.63, 3.8) is 0 Å². The van der Waals surface area contributed by atoms with Crippen molar-refractivity contribution in [1.29, 1.82) is 0 Å². The topological polar surface area (TPSA) is 93.9 Å². The Hall–Kier alpha value is -3.13. The number of amides is 2. The average molecular weight is 395 g/mol. The molecule has 29 heavy (non-hydrogen) atoms. The number of hydrogen-bond donors (Lipinski definition) is 1. The van der Waals surface area contributed by atoms with Crippen molar-refractivity contribution in [3.8, 4) is 5.75 Å². The van der Waals surface area contributed by atoms with Crippen molar-refractivity contribution in [2.75, 3.05) is 18.6 Å². The molecule has 0 unspecified atom stereocenters. The van der Waals surface area contributed by atoms with Gasteiger partial charge in [0.2, 0.25) is 11.8 Å². The first-order chi connectivity index (χ1) is 14.0. The van der Waals surface area contributed by atoms with Crippen molar-refractivity contribution in [2.24, 2.45) is 11.8 Å². The standard InChI is InChI=1S/C21H21N3O5/c1-12-8-16(23-29-12)24-11-21-7-6-15(28-21)17(18(21)20(24)26)19(25)22-10-13-4-3-5-14(9-13)27-2/h3-9,15,17-18H,10-11H2,1-2H3,(H,22,25)/t15-,17-,18-,21+/m1/s1. The molecular formula is C21H21N3O5. The molecule has 1 aromatic carbocycles. The number of hydrogen-bond acceptors (Lipinski definition) is 6. The van der Waals surface area contributed by atoms with Gasteiger partial charge >= 0.3 is 0 Å². The van der Waals surface area contributed by atoms with Crippen molar-refractivity contribution in [3.05, 3.63) is 53.8 Å². The van der Waals surface area contributed by atoms with Gasteiger partial charge in [0, 0.05) is 12.6 Å². The summed E-state index contributed by atoms with van der Waals surface area (Å²) in [6, 6.07) is 9.22. The number of nitrogens with zero attached hydrogens (tertiary/aromatic N) is 2. The second-order valence-corrected chi connectivity index (χ2v) is 7.69. The number of ether oxygens (including phenoxy) is 2. The van der Waals surface area contributed by atoms with E-state index in [-0.39, 0.29) is 11.8 Å². The third-order valence-corrected chi connectivity index (χ3v) is 5.90. The molecule has 8 heteroatoms. The SMILES string of the molecule is COc1cccc(CNC(=O)[C@@H]2[C@H]3C=C[C@@]4(CN(c5cc(C)on5)C(=O)[C@@H]24)O3)c1. The first-order valence-corrected chi connectivity index (χ1v) is 9.53. The van der Waals surface area contributed by atoms with E-state index in [2.05, 4.69) is 10.5 Å². The lowest BCUT2D eigenvalue weighted by molar-refractivity contribution is -0.132. The zero-order chi connectivity index (χ0) is 20.2. The maximum atomic E-state index is 13.2. The first-order valence-electron chi connectivity index (χ1n) is 9.53. The molecule has 2 fully saturated rings. The van der Waals surface area contributed by atoms with Gasteiger partial charge in [-0.2, -0.15) is 0 Å². The first kappa shape index (κ1) is 17.9. The highest BCUT2D eigenvalue weighted by molar-refractivity contribution is 6.02. The Bertz CT molecular complexity index is 1020. The molecule has 0 aliphatic carbocycles. The minimum atomic E-state index is -0.785. The Labute approximate surface area is 167 Å². The molecule has 2 amide bonds. The predicted octanol–water partition coefficient (Wildman–Crippen LogP) is 1.59. The number of carbonyl (C=O) groups excluding carboxylic acids is 2. The molecule has 0 saturated carbocycles. The van der Waals surface area contributed by atoms with E-state index in [1.165, 1.54) is 0 Å². The minimum Gasteiger partial charge on any atom is -0.497 e. The van der Waals surface area contributed by atoms with Crippen molar-refractivity contribution < 1.29 is 23.6 Å². The van der Waals surface area contributed by atoms with Crippen LogP contribution in [0.1, 0.15) is 11.3 Å². The Kier molecular flexibility index (Phi) is 3.99. The van der Waals surface area contributed by atoms with Crippen LogP contribution in [0.2, 0.25) is 0 Å². The second kappa shape index (κ2) is 6.45. The lowest BCUT2D eigenvalue weighted by Gasteiger charge is -2.23. The van der Waals surface area contributed by atoms with E-state index in [1.54, 1.807) is 25.0 Å². The van der Waals surface area contributed by atoms with E-state index in [0.717, 1.165) is 11.3 Å². The highest BCUT2D eigenvalue weighted by Gasteiger charge is 2.67. The molecule has 2 bridgehead atoms. The summed E-state index contributed by atoms with van der Waals surface area (Å²) in [5, 5.41) is 6.91. The molecule has 1 aromatic heterocycles. The maximum absolute atomic E-state index is 13.2. The Balaban J connectivity index is 1.35. The van der Waals surface area contributed by atoms with E-state index >= 15 is 0 Å². The van der Waals surface area contributed by atoms with Gasteiger partial charge in [0.25, 0.3) is 0 Å². The quantitative estimate of drug-likeness (QED) is 0.773. The number of anilines is 1. The number of nitrogens with one attached hydrogen (secondary N) is 1. The molecule has 2 saturated heterocycles. The summed E-state index contributed by atoms with van der Waals surface area (Å²) < 4.78 is 16.5. The van der Waals surface area contributed by atoms with Crippen molar-refractivity contribution in [1.82, 2.24) is 10.5 Å². The summed E-state index contributed by atoms with van der Waals surface area (Å²) in [5.41, 5.74) is 0.136. The summed E-state index contributed by atoms with van der Waals surface area (Å²) in [6.45, 7) is 2.45. The molecule has 3 aliphatic rings. The fourth-order valence-electron chi connectivity index (χ4n) is 4.56. The molecule has 150 valence electrons. The van der Waals surface area contributed by atoms with Gasteiger partial charge in [0.1, 0.15) is 17.1 Å². The minimum absolute atomic E-state index is 0.160. The largest absolute Gasteiger partial charge is 0.497 e. The fraction of sp³-hybridized carbons (Fsp3) is 0.381. The summed E-state index contributed by atoms with van der Waals surface area (Å²) in [4.78, 5) is 27.8. The van der Waals surface area contributed by atoms with Gasteiger partial charge in [-0.15, -0.1) is 0 Å². The number of methoxy groups -OCH3 is 1. The van der Waals surface area contributed by atoms with E-state index < -0.39 is 23.5 Å². The van der Waals surface area contributed by atoms with Crippen LogP contribution >= 0.6 is 0 Å². The van der Waals surface area contributed by atoms with E-state index in [9.17, 15) is 9.59 Å². The molecule has 1 N–H and O–H groups in total. The van der Waals surface area contributed by atoms with Crippen LogP contribution in [-0.4, -0.2) is 42.3 Å². The van der Waals surface area contributed by atoms with Gasteiger partial charge < -0.3 is 19.3 Å². The predicted molar refractivity (Wildman–Crippen MR) is 102 cm³/mol. The molecule has 4 heterocycles. The summed E-state index contributed by atoms with van der Waals surface area (Å²) in [5.74, 6) is 0.303. The molecule has 8 nitrogen and oxygen atoms in total. The van der Waals surface area contributed by atoms with Gasteiger partial charge in [-0.3, -0.25) is 14.5 Å². The second-order valence-electron chi connectivity index (χ2n) is 7.69. The number of aromatic nitrogens is 1. The van der Waals surface area contributed by atoms with Crippen molar-refractivity contribution in [2.45, 2.75) is 25.2 Å². The fourth-order valence-corrected chi connectivity index (χ4v) is 4.56. The average Bonchev–Trinajstić information content (AvgIpc) is 3.47. The van der Waals surface area contributed by atoms with E-state index in [0.29, 0.717) is 24.7 Å². The third-order valence-electron chi connectivity index (χ3n) is 5.90. The van der Waals surface area contributed by atoms with Gasteiger partial charge in [0.05, 0.1) is 31.6 Å². The molecule has 3 aliphatic heterocycles. The molecule has 5 rings (SSSR count). The zero-order valence-electron chi connectivity index (χ0n) is 16.1. The lowest BCUT2D eigenvalue weighted by Crippen LogP contribution is -2.44. The van der Waals surface area contributed by atoms with Gasteiger partial charge in [-0.25, -0.2) is 0 Å². The van der Waals surface area contributed by atoms with Crippen molar-refractivity contribution >= 4 is 17.6 Å². The smallest absolute Gasteiger partial charge is 0.235 e. The molecule has 2 aromatic rings. The van der Waals surface area contributed by atoms with Gasteiger partial charge in [0.15, 0.2) is 5.82 Å². The van der Waals surface area contributed by atoms with Crippen LogP contribution in [0.5, 0.6) is 5.75 Å².